The second-order valence-corrected chi connectivity index (χ2v) is 2.14. The molecule has 0 fully saturated rings. The van der Waals surface area contributed by atoms with Crippen molar-refractivity contribution in [1.82, 2.24) is 0 Å². The van der Waals surface area contributed by atoms with Gasteiger partial charge < -0.3 is 9.84 Å². The van der Waals surface area contributed by atoms with Crippen LogP contribution in [0, 0.1) is 0 Å². The second-order valence-electron chi connectivity index (χ2n) is 2.14. The van der Waals surface area contributed by atoms with Crippen molar-refractivity contribution in [3.63, 3.8) is 0 Å². The molecule has 1 aromatic carbocycles. The van der Waals surface area contributed by atoms with E-state index in [0.717, 1.165) is 11.8 Å². The minimum Gasteiger partial charge on any atom is -0.478 e. The highest BCUT2D eigenvalue weighted by atomic mass is 16.5. The molecule has 3 nitrogen and oxygen atoms in total. The molecule has 0 unspecified atom stereocenters. The van der Waals surface area contributed by atoms with Crippen LogP contribution in [0.15, 0.2) is 55.8 Å². The Morgan fingerprint density at radius 2 is 1.79 bits per heavy atom. The van der Waals surface area contributed by atoms with Crippen LogP contribution in [0.5, 0.6) is 5.75 Å². The Balaban J connectivity index is 0.000000292. The molecule has 0 saturated heterocycles. The monoisotopic (exact) mass is 192 g/mol. The van der Waals surface area contributed by atoms with E-state index in [0.29, 0.717) is 0 Å². The third-order valence-electron chi connectivity index (χ3n) is 1.14. The number of rotatable bonds is 3. The number of aliphatic carboxylic acids is 1. The lowest BCUT2D eigenvalue weighted by atomic mass is 10.3. The van der Waals surface area contributed by atoms with Crippen LogP contribution in [0.2, 0.25) is 0 Å². The van der Waals surface area contributed by atoms with Crippen molar-refractivity contribution in [3.8, 4) is 5.75 Å². The number of carboxylic acid groups (broad SMARTS) is 1. The summed E-state index contributed by atoms with van der Waals surface area (Å²) in [6, 6.07) is 9.52. The van der Waals surface area contributed by atoms with Crippen molar-refractivity contribution >= 4 is 5.97 Å². The van der Waals surface area contributed by atoms with Crippen molar-refractivity contribution < 1.29 is 14.6 Å². The van der Waals surface area contributed by atoms with E-state index in [1.807, 2.05) is 30.3 Å². The molecule has 0 aliphatic rings. The van der Waals surface area contributed by atoms with Crippen LogP contribution in [0.4, 0.5) is 0 Å². The maximum Gasteiger partial charge on any atom is 0.327 e. The zero-order valence-corrected chi connectivity index (χ0v) is 7.72. The third kappa shape index (κ3) is 6.67. The Morgan fingerprint density at radius 3 is 2.14 bits per heavy atom. The zero-order valence-electron chi connectivity index (χ0n) is 7.72. The molecule has 0 atom stereocenters. The fraction of sp³-hybridized carbons (Fsp3) is 0. The summed E-state index contributed by atoms with van der Waals surface area (Å²) in [5.41, 5.74) is 0. The van der Waals surface area contributed by atoms with Crippen LogP contribution in [0.3, 0.4) is 0 Å². The maximum atomic E-state index is 9.25. The fourth-order valence-corrected chi connectivity index (χ4v) is 0.595. The molecule has 14 heavy (non-hydrogen) atoms. The van der Waals surface area contributed by atoms with Gasteiger partial charge in [0.2, 0.25) is 0 Å². The molecule has 0 saturated carbocycles. The lowest BCUT2D eigenvalue weighted by Gasteiger charge is -1.95. The summed E-state index contributed by atoms with van der Waals surface area (Å²) < 4.78 is 4.97. The predicted molar refractivity (Wildman–Crippen MR) is 55.1 cm³/mol. The molecule has 0 aliphatic heterocycles. The van der Waals surface area contributed by atoms with E-state index in [-0.39, 0.29) is 0 Å². The first-order valence-electron chi connectivity index (χ1n) is 3.88. The topological polar surface area (TPSA) is 46.5 Å². The van der Waals surface area contributed by atoms with Gasteiger partial charge in [0, 0.05) is 6.08 Å². The molecule has 3 heteroatoms. The fourth-order valence-electron chi connectivity index (χ4n) is 0.595. The van der Waals surface area contributed by atoms with E-state index in [1.54, 1.807) is 0 Å². The summed E-state index contributed by atoms with van der Waals surface area (Å²) in [4.78, 5) is 9.25. The lowest BCUT2D eigenvalue weighted by molar-refractivity contribution is -0.131. The number of ether oxygens (including phenoxy) is 1. The van der Waals surface area contributed by atoms with Gasteiger partial charge in [-0.25, -0.2) is 4.79 Å². The Labute approximate surface area is 83.0 Å². The van der Waals surface area contributed by atoms with Crippen LogP contribution in [0.1, 0.15) is 0 Å². The Morgan fingerprint density at radius 1 is 1.29 bits per heavy atom. The van der Waals surface area contributed by atoms with E-state index in [4.69, 9.17) is 9.84 Å². The van der Waals surface area contributed by atoms with E-state index in [9.17, 15) is 4.79 Å². The van der Waals surface area contributed by atoms with Crippen LogP contribution >= 0.6 is 0 Å². The zero-order chi connectivity index (χ0) is 10.8. The van der Waals surface area contributed by atoms with E-state index >= 15 is 0 Å². The Hall–Kier alpha value is -2.03. The second kappa shape index (κ2) is 7.61. The van der Waals surface area contributed by atoms with Crippen LogP contribution < -0.4 is 4.74 Å². The first-order valence-corrected chi connectivity index (χ1v) is 3.88. The van der Waals surface area contributed by atoms with Gasteiger partial charge >= 0.3 is 5.97 Å². The van der Waals surface area contributed by atoms with Gasteiger partial charge in [0.1, 0.15) is 5.75 Å². The predicted octanol–water partition coefficient (Wildman–Crippen LogP) is 2.47. The summed E-state index contributed by atoms with van der Waals surface area (Å²) in [5, 5.41) is 7.60. The van der Waals surface area contributed by atoms with Crippen molar-refractivity contribution in [2.45, 2.75) is 0 Å². The van der Waals surface area contributed by atoms with Crippen molar-refractivity contribution in [3.05, 3.63) is 55.8 Å². The molecule has 1 N–H and O–H groups in total. The van der Waals surface area contributed by atoms with Gasteiger partial charge in [-0.2, -0.15) is 0 Å². The molecule has 0 aliphatic carbocycles. The Bertz CT molecular complexity index is 291. The smallest absolute Gasteiger partial charge is 0.327 e. The molecular weight excluding hydrogens is 180 g/mol. The molecule has 0 amide bonds. The van der Waals surface area contributed by atoms with Crippen LogP contribution in [-0.2, 0) is 4.79 Å². The lowest BCUT2D eigenvalue weighted by Crippen LogP contribution is -1.82. The van der Waals surface area contributed by atoms with Crippen molar-refractivity contribution in [2.24, 2.45) is 0 Å². The number of carboxylic acids is 1. The highest BCUT2D eigenvalue weighted by Gasteiger charge is 1.82. The van der Waals surface area contributed by atoms with E-state index < -0.39 is 5.97 Å². The van der Waals surface area contributed by atoms with Gasteiger partial charge in [-0.1, -0.05) is 31.4 Å². The van der Waals surface area contributed by atoms with Crippen LogP contribution in [0.25, 0.3) is 0 Å². The third-order valence-corrected chi connectivity index (χ3v) is 1.14. The summed E-state index contributed by atoms with van der Waals surface area (Å²) in [6.45, 7) is 6.39. The van der Waals surface area contributed by atoms with Gasteiger partial charge in [0.05, 0.1) is 6.26 Å². The Kier molecular flexibility index (Phi) is 6.51. The van der Waals surface area contributed by atoms with Gasteiger partial charge in [0.25, 0.3) is 0 Å². The molecule has 0 spiro atoms. The molecular formula is C11H12O3. The van der Waals surface area contributed by atoms with Gasteiger partial charge in [0.15, 0.2) is 0 Å². The quantitative estimate of drug-likeness (QED) is 0.591. The number of carbonyl (C=O) groups is 1. The summed E-state index contributed by atoms with van der Waals surface area (Å²) in [5.74, 6) is -0.155. The molecule has 1 rings (SSSR count). The molecule has 0 bridgehead atoms. The first-order chi connectivity index (χ1) is 6.70. The summed E-state index contributed by atoms with van der Waals surface area (Å²) in [6.07, 6.45) is 2.25. The number of hydrogen-bond donors (Lipinski definition) is 1. The molecule has 0 aromatic heterocycles. The average Bonchev–Trinajstić information content (AvgIpc) is 2.21. The van der Waals surface area contributed by atoms with Crippen molar-refractivity contribution in [1.29, 1.82) is 0 Å². The van der Waals surface area contributed by atoms with Gasteiger partial charge in [-0.05, 0) is 12.1 Å². The summed E-state index contributed by atoms with van der Waals surface area (Å²) in [7, 11) is 0. The molecule has 74 valence electrons. The minimum absolute atomic E-state index is 0.826. The van der Waals surface area contributed by atoms with Crippen molar-refractivity contribution in [2.75, 3.05) is 0 Å². The first kappa shape index (κ1) is 12.0. The SMILES string of the molecule is C=CC(=O)O.C=COc1ccccc1. The minimum atomic E-state index is -0.981. The molecule has 0 radical (unpaired) electrons. The molecule has 0 heterocycles. The average molecular weight is 192 g/mol. The van der Waals surface area contributed by atoms with E-state index in [1.165, 1.54) is 6.26 Å². The highest BCUT2D eigenvalue weighted by Crippen LogP contribution is 2.07. The molecule has 1 aromatic rings. The number of hydrogen-bond acceptors (Lipinski definition) is 2. The standard InChI is InChI=1S/C8H8O.C3H4O2/c1-2-9-8-6-4-3-5-7-8;1-2-3(4)5/h2-7H,1H2;2H,1H2,(H,4,5). The number of para-hydroxylation sites is 1. The maximum absolute atomic E-state index is 9.25. The van der Waals surface area contributed by atoms with E-state index in [2.05, 4.69) is 13.2 Å². The van der Waals surface area contributed by atoms with Crippen LogP contribution in [-0.4, -0.2) is 11.1 Å². The number of benzene rings is 1. The largest absolute Gasteiger partial charge is 0.478 e. The van der Waals surface area contributed by atoms with Gasteiger partial charge in [-0.3, -0.25) is 0 Å². The van der Waals surface area contributed by atoms with Gasteiger partial charge in [-0.15, -0.1) is 0 Å². The normalized spacial score (nSPS) is 7.71. The summed E-state index contributed by atoms with van der Waals surface area (Å²) >= 11 is 0. The highest BCUT2D eigenvalue weighted by molar-refractivity contribution is 5.78.